The van der Waals surface area contributed by atoms with Crippen LogP contribution in [0.3, 0.4) is 0 Å². The Morgan fingerprint density at radius 3 is 2.85 bits per heavy atom. The third-order valence-electron chi connectivity index (χ3n) is 2.80. The number of aromatic nitrogens is 2. The Kier molecular flexibility index (Phi) is 4.09. The Balaban J connectivity index is 2.24. The molecule has 0 bridgehead atoms. The second-order valence-corrected chi connectivity index (χ2v) is 5.00. The molecule has 0 unspecified atom stereocenters. The predicted octanol–water partition coefficient (Wildman–Crippen LogP) is 2.69. The van der Waals surface area contributed by atoms with Crippen LogP contribution < -0.4 is 5.73 Å². The molecule has 0 aliphatic rings. The van der Waals surface area contributed by atoms with Gasteiger partial charge in [0.1, 0.15) is 0 Å². The van der Waals surface area contributed by atoms with Crippen molar-refractivity contribution in [1.82, 2.24) is 10.1 Å². The van der Waals surface area contributed by atoms with Gasteiger partial charge in [0.2, 0.25) is 11.7 Å². The Morgan fingerprint density at radius 2 is 2.20 bits per heavy atom. The number of hydrogen-bond acceptors (Lipinski definition) is 6. The summed E-state index contributed by atoms with van der Waals surface area (Å²) < 4.78 is 5.13. The number of nitro groups is 1. The van der Waals surface area contributed by atoms with Gasteiger partial charge >= 0.3 is 0 Å². The van der Waals surface area contributed by atoms with Crippen molar-refractivity contribution in [3.8, 4) is 11.4 Å². The summed E-state index contributed by atoms with van der Waals surface area (Å²) in [5.74, 6) is 1.07. The summed E-state index contributed by atoms with van der Waals surface area (Å²) in [7, 11) is 0. The van der Waals surface area contributed by atoms with Gasteiger partial charge in [0.25, 0.3) is 5.69 Å². The fourth-order valence-electron chi connectivity index (χ4n) is 1.87. The lowest BCUT2D eigenvalue weighted by molar-refractivity contribution is -0.384. The second-order valence-electron chi connectivity index (χ2n) is 5.00. The number of nitro benzene ring substituents is 1. The highest BCUT2D eigenvalue weighted by atomic mass is 16.6. The van der Waals surface area contributed by atoms with Crippen molar-refractivity contribution in [3.05, 3.63) is 40.3 Å². The molecule has 0 fully saturated rings. The molecular formula is C13H16N4O3. The Hall–Kier alpha value is -2.28. The maximum atomic E-state index is 10.7. The van der Waals surface area contributed by atoms with Gasteiger partial charge in [-0.15, -0.1) is 0 Å². The lowest BCUT2D eigenvalue weighted by atomic mass is 10.0. The van der Waals surface area contributed by atoms with Crippen molar-refractivity contribution in [3.63, 3.8) is 0 Å². The third-order valence-corrected chi connectivity index (χ3v) is 2.80. The lowest BCUT2D eigenvalue weighted by Gasteiger charge is -2.08. The smallest absolute Gasteiger partial charge is 0.270 e. The Bertz CT molecular complexity index is 609. The molecule has 1 heterocycles. The fourth-order valence-corrected chi connectivity index (χ4v) is 1.87. The first-order valence-electron chi connectivity index (χ1n) is 6.31. The molecular weight excluding hydrogens is 260 g/mol. The van der Waals surface area contributed by atoms with Crippen LogP contribution in [0.4, 0.5) is 5.69 Å². The van der Waals surface area contributed by atoms with Gasteiger partial charge in [0.05, 0.1) is 11.0 Å². The van der Waals surface area contributed by atoms with Crippen molar-refractivity contribution < 1.29 is 9.45 Å². The van der Waals surface area contributed by atoms with Gasteiger partial charge in [0.15, 0.2) is 0 Å². The first-order chi connectivity index (χ1) is 9.47. The molecule has 106 valence electrons. The zero-order valence-electron chi connectivity index (χ0n) is 11.3. The highest BCUT2D eigenvalue weighted by molar-refractivity contribution is 5.58. The van der Waals surface area contributed by atoms with E-state index in [0.29, 0.717) is 23.2 Å². The minimum atomic E-state index is -0.463. The predicted molar refractivity (Wildman–Crippen MR) is 72.8 cm³/mol. The van der Waals surface area contributed by atoms with E-state index in [2.05, 4.69) is 24.0 Å². The summed E-state index contributed by atoms with van der Waals surface area (Å²) >= 11 is 0. The van der Waals surface area contributed by atoms with Crippen molar-refractivity contribution in [2.75, 3.05) is 0 Å². The van der Waals surface area contributed by atoms with Crippen molar-refractivity contribution >= 4 is 5.69 Å². The molecule has 1 atom stereocenters. The summed E-state index contributed by atoms with van der Waals surface area (Å²) in [4.78, 5) is 14.5. The van der Waals surface area contributed by atoms with Crippen molar-refractivity contribution in [2.24, 2.45) is 11.7 Å². The Morgan fingerprint density at radius 1 is 1.45 bits per heavy atom. The van der Waals surface area contributed by atoms with E-state index >= 15 is 0 Å². The van der Waals surface area contributed by atoms with Crippen LogP contribution in [0.25, 0.3) is 11.4 Å². The molecule has 7 heteroatoms. The molecule has 0 spiro atoms. The fraction of sp³-hybridized carbons (Fsp3) is 0.385. The molecule has 0 saturated heterocycles. The van der Waals surface area contributed by atoms with Crippen LogP contribution in [0.15, 0.2) is 28.8 Å². The summed E-state index contributed by atoms with van der Waals surface area (Å²) in [6.45, 7) is 4.11. The van der Waals surface area contributed by atoms with Crippen LogP contribution in [0.2, 0.25) is 0 Å². The van der Waals surface area contributed by atoms with E-state index in [1.165, 1.54) is 12.1 Å². The lowest BCUT2D eigenvalue weighted by Crippen LogP contribution is -2.13. The first kappa shape index (κ1) is 14.1. The average Bonchev–Trinajstić information content (AvgIpc) is 2.87. The number of non-ortho nitro benzene ring substituents is 1. The number of nitrogens with two attached hydrogens (primary N) is 1. The molecule has 0 saturated carbocycles. The maximum Gasteiger partial charge on any atom is 0.270 e. The maximum absolute atomic E-state index is 10.7. The Labute approximate surface area is 115 Å². The van der Waals surface area contributed by atoms with Gasteiger partial charge in [-0.2, -0.15) is 4.98 Å². The van der Waals surface area contributed by atoms with E-state index in [1.54, 1.807) is 12.1 Å². The van der Waals surface area contributed by atoms with Crippen molar-refractivity contribution in [2.45, 2.75) is 26.3 Å². The average molecular weight is 276 g/mol. The summed E-state index contributed by atoms with van der Waals surface area (Å²) in [5, 5.41) is 14.6. The number of rotatable bonds is 5. The van der Waals surface area contributed by atoms with Gasteiger partial charge in [-0.1, -0.05) is 31.1 Å². The van der Waals surface area contributed by atoms with Gasteiger partial charge < -0.3 is 10.3 Å². The number of nitrogens with zero attached hydrogens (tertiary/aromatic N) is 3. The monoisotopic (exact) mass is 276 g/mol. The van der Waals surface area contributed by atoms with Crippen LogP contribution >= 0.6 is 0 Å². The molecule has 0 aliphatic heterocycles. The standard InChI is InChI=1S/C13H16N4O3/c1-8(2)6-11(14)13-15-12(16-20-13)9-4-3-5-10(7-9)17(18)19/h3-5,7-8,11H,6,14H2,1-2H3/t11-/m1/s1. The number of benzene rings is 1. The van der Waals surface area contributed by atoms with Crippen LogP contribution in [0.1, 0.15) is 32.2 Å². The van der Waals surface area contributed by atoms with Crippen LogP contribution in [0.5, 0.6) is 0 Å². The first-order valence-corrected chi connectivity index (χ1v) is 6.31. The third kappa shape index (κ3) is 3.18. The highest BCUT2D eigenvalue weighted by Gasteiger charge is 2.18. The van der Waals surface area contributed by atoms with E-state index in [-0.39, 0.29) is 11.7 Å². The molecule has 2 rings (SSSR count). The molecule has 1 aromatic heterocycles. The van der Waals surface area contributed by atoms with Crippen LogP contribution in [-0.2, 0) is 0 Å². The molecule has 20 heavy (non-hydrogen) atoms. The van der Waals surface area contributed by atoms with Gasteiger partial charge in [-0.05, 0) is 12.3 Å². The van der Waals surface area contributed by atoms with Gasteiger partial charge in [-0.25, -0.2) is 0 Å². The van der Waals surface area contributed by atoms with Gasteiger partial charge in [0, 0.05) is 17.7 Å². The SMILES string of the molecule is CC(C)C[C@@H](N)c1nc(-c2cccc([N+](=O)[O-])c2)no1. The van der Waals surface area contributed by atoms with E-state index in [1.807, 2.05) is 0 Å². The minimum Gasteiger partial charge on any atom is -0.337 e. The van der Waals surface area contributed by atoms with Crippen LogP contribution in [0, 0.1) is 16.0 Å². The largest absolute Gasteiger partial charge is 0.337 e. The molecule has 1 aromatic carbocycles. The molecule has 0 amide bonds. The molecule has 0 radical (unpaired) electrons. The van der Waals surface area contributed by atoms with Crippen molar-refractivity contribution in [1.29, 1.82) is 0 Å². The zero-order valence-corrected chi connectivity index (χ0v) is 11.3. The van der Waals surface area contributed by atoms with Crippen LogP contribution in [-0.4, -0.2) is 15.1 Å². The second kappa shape index (κ2) is 5.79. The number of hydrogen-bond donors (Lipinski definition) is 1. The molecule has 0 aliphatic carbocycles. The van der Waals surface area contributed by atoms with Gasteiger partial charge in [-0.3, -0.25) is 10.1 Å². The van der Waals surface area contributed by atoms with E-state index in [4.69, 9.17) is 10.3 Å². The van der Waals surface area contributed by atoms with E-state index in [9.17, 15) is 10.1 Å². The summed E-state index contributed by atoms with van der Waals surface area (Å²) in [6.07, 6.45) is 0.733. The summed E-state index contributed by atoms with van der Waals surface area (Å²) in [5.41, 5.74) is 6.48. The zero-order chi connectivity index (χ0) is 14.7. The molecule has 2 aromatic rings. The quantitative estimate of drug-likeness (QED) is 0.664. The highest BCUT2D eigenvalue weighted by Crippen LogP contribution is 2.24. The molecule has 2 N–H and O–H groups in total. The van der Waals surface area contributed by atoms with E-state index < -0.39 is 4.92 Å². The van der Waals surface area contributed by atoms with E-state index in [0.717, 1.165) is 6.42 Å². The minimum absolute atomic E-state index is 0.0136. The normalized spacial score (nSPS) is 12.6. The summed E-state index contributed by atoms with van der Waals surface area (Å²) in [6, 6.07) is 5.76. The topological polar surface area (TPSA) is 108 Å². The molecule has 7 nitrogen and oxygen atoms in total.